The molecule has 0 radical (unpaired) electrons. The molecule has 0 spiro atoms. The van der Waals surface area contributed by atoms with Gasteiger partial charge in [-0.3, -0.25) is 14.4 Å². The molecule has 2 fully saturated rings. The predicted molar refractivity (Wildman–Crippen MR) is 113 cm³/mol. The number of piperazine rings is 1. The van der Waals surface area contributed by atoms with Crippen LogP contribution >= 0.6 is 23.2 Å². The van der Waals surface area contributed by atoms with Gasteiger partial charge in [0.25, 0.3) is 5.91 Å². The number of hydrogen-bond donors (Lipinski definition) is 1. The van der Waals surface area contributed by atoms with Crippen molar-refractivity contribution in [3.63, 3.8) is 0 Å². The van der Waals surface area contributed by atoms with Crippen LogP contribution in [-0.2, 0) is 9.59 Å². The van der Waals surface area contributed by atoms with Crippen LogP contribution in [0.25, 0.3) is 0 Å². The molecule has 1 aromatic carbocycles. The Labute approximate surface area is 181 Å². The van der Waals surface area contributed by atoms with Crippen LogP contribution in [0.2, 0.25) is 10.0 Å². The molecule has 1 heterocycles. The molecule has 1 aromatic rings. The van der Waals surface area contributed by atoms with E-state index in [1.807, 2.05) is 18.7 Å². The zero-order chi connectivity index (χ0) is 21.1. The van der Waals surface area contributed by atoms with E-state index in [0.717, 1.165) is 19.3 Å². The zero-order valence-electron chi connectivity index (χ0n) is 16.8. The Balaban J connectivity index is 1.64. The number of rotatable bonds is 6. The van der Waals surface area contributed by atoms with Gasteiger partial charge in [0.15, 0.2) is 0 Å². The summed E-state index contributed by atoms with van der Waals surface area (Å²) in [5, 5.41) is 3.54. The summed E-state index contributed by atoms with van der Waals surface area (Å²) in [5.41, 5.74) is 0.361. The number of nitrogens with zero attached hydrogens (tertiary/aromatic N) is 2. The molecule has 6 nitrogen and oxygen atoms in total. The Hall–Kier alpha value is -1.79. The second kappa shape index (κ2) is 9.35. The maximum Gasteiger partial charge on any atom is 0.251 e. The Kier molecular flexibility index (Phi) is 7.06. The third kappa shape index (κ3) is 5.23. The van der Waals surface area contributed by atoms with Gasteiger partial charge in [0, 0.05) is 37.7 Å². The van der Waals surface area contributed by atoms with Gasteiger partial charge in [-0.25, -0.2) is 0 Å². The first kappa shape index (κ1) is 21.9. The summed E-state index contributed by atoms with van der Waals surface area (Å²) in [6, 6.07) is 4.02. The molecule has 29 heavy (non-hydrogen) atoms. The Morgan fingerprint density at radius 1 is 1.07 bits per heavy atom. The van der Waals surface area contributed by atoms with E-state index in [2.05, 4.69) is 5.32 Å². The first-order chi connectivity index (χ1) is 13.8. The van der Waals surface area contributed by atoms with E-state index in [0.29, 0.717) is 41.8 Å². The number of halogens is 2. The maximum absolute atomic E-state index is 13.2. The predicted octanol–water partition coefficient (Wildman–Crippen LogP) is 3.22. The monoisotopic (exact) mass is 439 g/mol. The van der Waals surface area contributed by atoms with Gasteiger partial charge < -0.3 is 15.1 Å². The fourth-order valence-electron chi connectivity index (χ4n) is 3.48. The van der Waals surface area contributed by atoms with Crippen molar-refractivity contribution in [3.8, 4) is 0 Å². The minimum absolute atomic E-state index is 0.0275. The van der Waals surface area contributed by atoms with Crippen LogP contribution in [-0.4, -0.2) is 59.7 Å². The lowest BCUT2D eigenvalue weighted by Gasteiger charge is -2.37. The Morgan fingerprint density at radius 3 is 2.24 bits per heavy atom. The normalized spacial score (nSPS) is 18.9. The summed E-state index contributed by atoms with van der Waals surface area (Å²) < 4.78 is 0. The van der Waals surface area contributed by atoms with Crippen LogP contribution in [0.15, 0.2) is 18.2 Å². The summed E-state index contributed by atoms with van der Waals surface area (Å²) in [6.07, 6.45) is 2.71. The molecule has 2 unspecified atom stereocenters. The van der Waals surface area contributed by atoms with Crippen molar-refractivity contribution < 1.29 is 14.4 Å². The number of benzene rings is 1. The molecule has 1 saturated heterocycles. The minimum Gasteiger partial charge on any atom is -0.340 e. The van der Waals surface area contributed by atoms with Crippen LogP contribution in [0.5, 0.6) is 0 Å². The second-order valence-electron chi connectivity index (χ2n) is 7.89. The van der Waals surface area contributed by atoms with Crippen LogP contribution in [0.1, 0.15) is 43.5 Å². The van der Waals surface area contributed by atoms with Gasteiger partial charge in [0.05, 0.1) is 10.0 Å². The molecule has 158 valence electrons. The molecular weight excluding hydrogens is 413 g/mol. The van der Waals surface area contributed by atoms with Crippen molar-refractivity contribution in [1.29, 1.82) is 0 Å². The highest BCUT2D eigenvalue weighted by molar-refractivity contribution is 6.42. The van der Waals surface area contributed by atoms with Crippen molar-refractivity contribution in [2.24, 2.45) is 11.8 Å². The molecule has 1 aliphatic carbocycles. The van der Waals surface area contributed by atoms with Crippen LogP contribution in [0.3, 0.4) is 0 Å². The van der Waals surface area contributed by atoms with Gasteiger partial charge in [-0.15, -0.1) is 0 Å². The van der Waals surface area contributed by atoms with Crippen molar-refractivity contribution in [2.75, 3.05) is 26.2 Å². The van der Waals surface area contributed by atoms with Gasteiger partial charge in [-0.05, 0) is 37.0 Å². The number of carbonyl (C=O) groups is 3. The lowest BCUT2D eigenvalue weighted by molar-refractivity contribution is -0.142. The standard InChI is InChI=1S/C21H27Cl2N3O3/c1-3-13(2)18(24-19(27)15-6-7-16(22)17(23)12-15)21(29)26-10-8-25(9-11-26)20(28)14-4-5-14/h6-7,12-14,18H,3-5,8-11H2,1-2H3,(H,24,27). The van der Waals surface area contributed by atoms with Gasteiger partial charge in [-0.2, -0.15) is 0 Å². The minimum atomic E-state index is -0.632. The van der Waals surface area contributed by atoms with Crippen LogP contribution in [0.4, 0.5) is 0 Å². The summed E-state index contributed by atoms with van der Waals surface area (Å²) in [5.74, 6) is -0.0875. The molecule has 1 N–H and O–H groups in total. The molecule has 2 atom stereocenters. The SMILES string of the molecule is CCC(C)C(NC(=O)c1ccc(Cl)c(Cl)c1)C(=O)N1CCN(C(=O)C2CC2)CC1. The second-order valence-corrected chi connectivity index (χ2v) is 8.70. The molecule has 1 aliphatic heterocycles. The number of carbonyl (C=O) groups excluding carboxylic acids is 3. The van der Waals surface area contributed by atoms with Crippen LogP contribution in [0, 0.1) is 11.8 Å². The smallest absolute Gasteiger partial charge is 0.251 e. The maximum atomic E-state index is 13.2. The van der Waals surface area contributed by atoms with Crippen molar-refractivity contribution >= 4 is 40.9 Å². The van der Waals surface area contributed by atoms with Crippen molar-refractivity contribution in [3.05, 3.63) is 33.8 Å². The average Bonchev–Trinajstić information content (AvgIpc) is 3.57. The summed E-state index contributed by atoms with van der Waals surface area (Å²) in [7, 11) is 0. The molecule has 8 heteroatoms. The van der Waals surface area contributed by atoms with E-state index in [1.54, 1.807) is 17.0 Å². The van der Waals surface area contributed by atoms with Crippen molar-refractivity contribution in [1.82, 2.24) is 15.1 Å². The van der Waals surface area contributed by atoms with Crippen molar-refractivity contribution in [2.45, 2.75) is 39.2 Å². The highest BCUT2D eigenvalue weighted by atomic mass is 35.5. The molecular formula is C21H27Cl2N3O3. The summed E-state index contributed by atoms with van der Waals surface area (Å²) in [6.45, 7) is 6.02. The highest BCUT2D eigenvalue weighted by Gasteiger charge is 2.37. The van der Waals surface area contributed by atoms with E-state index < -0.39 is 6.04 Å². The molecule has 0 bridgehead atoms. The van der Waals surface area contributed by atoms with Gasteiger partial charge in [0.1, 0.15) is 6.04 Å². The fourth-order valence-corrected chi connectivity index (χ4v) is 3.78. The third-order valence-electron chi connectivity index (χ3n) is 5.78. The van der Waals surface area contributed by atoms with E-state index in [9.17, 15) is 14.4 Å². The molecule has 3 amide bonds. The molecule has 1 saturated carbocycles. The van der Waals surface area contributed by atoms with E-state index in [4.69, 9.17) is 23.2 Å². The number of amides is 3. The van der Waals surface area contributed by atoms with Crippen LogP contribution < -0.4 is 5.32 Å². The first-order valence-electron chi connectivity index (χ1n) is 10.1. The zero-order valence-corrected chi connectivity index (χ0v) is 18.3. The molecule has 2 aliphatic rings. The van der Waals surface area contributed by atoms with Gasteiger partial charge in [-0.1, -0.05) is 43.5 Å². The summed E-state index contributed by atoms with van der Waals surface area (Å²) in [4.78, 5) is 41.7. The number of nitrogens with one attached hydrogen (secondary N) is 1. The quantitative estimate of drug-likeness (QED) is 0.739. The number of hydrogen-bond acceptors (Lipinski definition) is 3. The first-order valence-corrected chi connectivity index (χ1v) is 10.9. The largest absolute Gasteiger partial charge is 0.340 e. The fraction of sp³-hybridized carbons (Fsp3) is 0.571. The van der Waals surface area contributed by atoms with E-state index in [-0.39, 0.29) is 29.6 Å². The third-order valence-corrected chi connectivity index (χ3v) is 6.52. The van der Waals surface area contributed by atoms with E-state index >= 15 is 0 Å². The summed E-state index contributed by atoms with van der Waals surface area (Å²) >= 11 is 11.9. The molecule has 0 aromatic heterocycles. The Bertz CT molecular complexity index is 789. The molecule has 3 rings (SSSR count). The average molecular weight is 440 g/mol. The van der Waals surface area contributed by atoms with Gasteiger partial charge >= 0.3 is 0 Å². The lowest BCUT2D eigenvalue weighted by Crippen LogP contribution is -2.57. The van der Waals surface area contributed by atoms with Gasteiger partial charge in [0.2, 0.25) is 11.8 Å². The highest BCUT2D eigenvalue weighted by Crippen LogP contribution is 2.31. The lowest BCUT2D eigenvalue weighted by atomic mass is 9.97. The topological polar surface area (TPSA) is 69.7 Å². The Morgan fingerprint density at radius 2 is 1.69 bits per heavy atom. The van der Waals surface area contributed by atoms with E-state index in [1.165, 1.54) is 6.07 Å².